The molecular formula is C41H48N14O6. The first-order chi connectivity index (χ1) is 29.3. The van der Waals surface area contributed by atoms with Crippen molar-refractivity contribution in [1.29, 1.82) is 0 Å². The Morgan fingerprint density at radius 3 is 2.07 bits per heavy atom. The van der Waals surface area contributed by atoms with Gasteiger partial charge in [0.2, 0.25) is 23.7 Å². The molecule has 8 rings (SSSR count). The van der Waals surface area contributed by atoms with Gasteiger partial charge in [-0.2, -0.15) is 10.2 Å². The maximum Gasteiger partial charge on any atom is 0.278 e. The molecule has 0 saturated carbocycles. The first-order valence-corrected chi connectivity index (χ1v) is 20.0. The van der Waals surface area contributed by atoms with Crippen LogP contribution in [0.2, 0.25) is 0 Å². The van der Waals surface area contributed by atoms with Gasteiger partial charge in [0.1, 0.15) is 22.7 Å². The largest absolute Gasteiger partial charge is 0.494 e. The average Bonchev–Trinajstić information content (AvgIpc) is 4.09. The van der Waals surface area contributed by atoms with E-state index in [1.54, 1.807) is 34.4 Å². The third-order valence-corrected chi connectivity index (χ3v) is 11.2. The summed E-state index contributed by atoms with van der Waals surface area (Å²) in [5, 5.41) is 14.7. The summed E-state index contributed by atoms with van der Waals surface area (Å²) in [6.45, 7) is 10.5. The lowest BCUT2D eigenvalue weighted by Crippen LogP contribution is -2.36. The van der Waals surface area contributed by atoms with Crippen molar-refractivity contribution in [3.05, 3.63) is 81.9 Å². The Balaban J connectivity index is 1.19. The highest BCUT2D eigenvalue weighted by atomic mass is 16.5. The van der Waals surface area contributed by atoms with Crippen LogP contribution in [0.3, 0.4) is 0 Å². The summed E-state index contributed by atoms with van der Waals surface area (Å²) in [6.07, 6.45) is 4.85. The number of nitrogen functional groups attached to an aromatic ring is 1. The fourth-order valence-electron chi connectivity index (χ4n) is 8.30. The number of amides is 4. The van der Waals surface area contributed by atoms with E-state index in [1.165, 1.54) is 23.9 Å². The number of fused-ring (bicyclic) bond motifs is 4. The number of carbonyl (C=O) groups excluding carboxylic acids is 4. The molecule has 0 radical (unpaired) electrons. The molecule has 2 fully saturated rings. The topological polar surface area (TPSA) is 263 Å². The van der Waals surface area contributed by atoms with Crippen LogP contribution in [0.4, 0.5) is 17.6 Å². The SMILES string of the molecule is CCn1nc(C)cc1C(=O)Nc1nc2cc(C(N)=O)cc(CN3C[C@H]4C[C@@H]3CO4)c2n1C/C=C/Cn1c(NC(=O)c2c(N)c(C)nn2CC)nc2cc(C(N)=O)cc(OC)c21. The molecule has 2 aliphatic heterocycles. The number of nitrogens with one attached hydrogen (secondary N) is 2. The quantitative estimate of drug-likeness (QED) is 0.0936. The van der Waals surface area contributed by atoms with E-state index in [4.69, 9.17) is 36.6 Å². The van der Waals surface area contributed by atoms with Crippen LogP contribution < -0.4 is 32.6 Å². The van der Waals surface area contributed by atoms with Gasteiger partial charge in [-0.25, -0.2) is 9.97 Å². The van der Waals surface area contributed by atoms with E-state index >= 15 is 0 Å². The maximum atomic E-state index is 13.9. The van der Waals surface area contributed by atoms with Crippen molar-refractivity contribution in [1.82, 2.24) is 43.6 Å². The number of anilines is 3. The van der Waals surface area contributed by atoms with Gasteiger partial charge in [0, 0.05) is 56.4 Å². The van der Waals surface area contributed by atoms with Crippen LogP contribution in [-0.2, 0) is 37.5 Å². The Labute approximate surface area is 349 Å². The summed E-state index contributed by atoms with van der Waals surface area (Å²) >= 11 is 0. The molecule has 4 amide bonds. The number of morpholine rings is 1. The number of carbonyl (C=O) groups is 4. The zero-order chi connectivity index (χ0) is 43.3. The third kappa shape index (κ3) is 7.54. The molecule has 8 N–H and O–H groups in total. The summed E-state index contributed by atoms with van der Waals surface area (Å²) < 4.78 is 18.3. The van der Waals surface area contributed by atoms with Crippen molar-refractivity contribution < 1.29 is 28.7 Å². The molecule has 20 nitrogen and oxygen atoms in total. The molecule has 20 heteroatoms. The Kier molecular flexibility index (Phi) is 10.8. The lowest BCUT2D eigenvalue weighted by molar-refractivity contribution is 0.0274. The van der Waals surface area contributed by atoms with Gasteiger partial charge in [-0.05, 0) is 70.0 Å². The smallest absolute Gasteiger partial charge is 0.278 e. The molecule has 0 spiro atoms. The van der Waals surface area contributed by atoms with Gasteiger partial charge >= 0.3 is 0 Å². The molecule has 0 unspecified atom stereocenters. The van der Waals surface area contributed by atoms with Gasteiger partial charge in [0.15, 0.2) is 0 Å². The number of hydrogen-bond acceptors (Lipinski definition) is 12. The molecule has 4 aromatic heterocycles. The van der Waals surface area contributed by atoms with Crippen LogP contribution in [-0.4, -0.2) is 99.6 Å². The number of primary amides is 2. The maximum absolute atomic E-state index is 13.9. The van der Waals surface area contributed by atoms with Crippen molar-refractivity contribution in [3.8, 4) is 5.75 Å². The molecule has 2 aliphatic rings. The second kappa shape index (κ2) is 16.2. The molecular weight excluding hydrogens is 785 g/mol. The Morgan fingerprint density at radius 2 is 1.48 bits per heavy atom. The van der Waals surface area contributed by atoms with E-state index < -0.39 is 23.6 Å². The van der Waals surface area contributed by atoms with Crippen LogP contribution in [0.25, 0.3) is 22.1 Å². The fraction of sp³-hybridized carbons (Fsp3) is 0.366. The summed E-state index contributed by atoms with van der Waals surface area (Å²) in [5.74, 6) is -1.48. The predicted octanol–water partition coefficient (Wildman–Crippen LogP) is 2.96. The molecule has 2 atom stereocenters. The summed E-state index contributed by atoms with van der Waals surface area (Å²) in [5.41, 5.74) is 23.1. The minimum Gasteiger partial charge on any atom is -0.494 e. The van der Waals surface area contributed by atoms with Gasteiger partial charge in [-0.3, -0.25) is 44.1 Å². The number of rotatable bonds is 15. The van der Waals surface area contributed by atoms with E-state index in [-0.39, 0.29) is 54.1 Å². The van der Waals surface area contributed by atoms with Crippen LogP contribution in [0.1, 0.15) is 78.9 Å². The van der Waals surface area contributed by atoms with Crippen molar-refractivity contribution in [2.24, 2.45) is 11.5 Å². The number of ether oxygens (including phenoxy) is 2. The van der Waals surface area contributed by atoms with Crippen LogP contribution >= 0.6 is 0 Å². The number of allylic oxidation sites excluding steroid dienone is 2. The van der Waals surface area contributed by atoms with Gasteiger partial charge in [-0.15, -0.1) is 0 Å². The highest BCUT2D eigenvalue weighted by molar-refractivity contribution is 6.07. The minimum atomic E-state index is -0.673. The standard InChI is InChI=1S/C41H48N14O6/c1-6-54-30(12-21(3)49-54)38(58)47-40-45-28-14-23(36(43)56)13-25(18-51-19-27-17-26(51)20-61-27)33(28)52(40)10-8-9-11-53-34-29(15-24(37(44)57)16-31(34)60-5)46-41(53)48-39(59)35-32(42)22(4)50-55(35)7-2/h8-9,12-16,26-27H,6-7,10-11,17-20,42H2,1-5H3,(H2,43,56)(H2,44,57)(H,45,47,58)(H,46,48,59)/b9-8+/t26-,27-/m1/s1. The van der Waals surface area contributed by atoms with Gasteiger partial charge < -0.3 is 35.8 Å². The predicted molar refractivity (Wildman–Crippen MR) is 226 cm³/mol. The number of nitrogens with zero attached hydrogens (tertiary/aromatic N) is 9. The number of aromatic nitrogens is 8. The minimum absolute atomic E-state index is 0.152. The highest BCUT2D eigenvalue weighted by Gasteiger charge is 2.39. The Morgan fingerprint density at radius 1 is 0.852 bits per heavy atom. The van der Waals surface area contributed by atoms with E-state index in [9.17, 15) is 19.2 Å². The number of likely N-dealkylation sites (tertiary alicyclic amines) is 1. The number of hydrogen-bond donors (Lipinski definition) is 5. The lowest BCUT2D eigenvalue weighted by Gasteiger charge is -2.27. The normalized spacial score (nSPS) is 16.3. The van der Waals surface area contributed by atoms with Crippen LogP contribution in [0.15, 0.2) is 42.5 Å². The van der Waals surface area contributed by atoms with Crippen molar-refractivity contribution >= 4 is 63.3 Å². The van der Waals surface area contributed by atoms with Crippen LogP contribution in [0.5, 0.6) is 5.75 Å². The first kappa shape index (κ1) is 40.7. The van der Waals surface area contributed by atoms with Crippen molar-refractivity contribution in [3.63, 3.8) is 0 Å². The molecule has 6 aromatic rings. The molecule has 6 heterocycles. The van der Waals surface area contributed by atoms with Crippen LogP contribution in [0, 0.1) is 13.8 Å². The zero-order valence-corrected chi connectivity index (χ0v) is 34.6. The van der Waals surface area contributed by atoms with E-state index in [2.05, 4.69) is 25.7 Å². The molecule has 318 valence electrons. The molecule has 2 aromatic carbocycles. The number of nitrogens with two attached hydrogens (primary N) is 3. The molecule has 61 heavy (non-hydrogen) atoms. The number of benzene rings is 2. The highest BCUT2D eigenvalue weighted by Crippen LogP contribution is 2.34. The van der Waals surface area contributed by atoms with Gasteiger partial charge in [0.05, 0.1) is 53.4 Å². The van der Waals surface area contributed by atoms with Crippen molar-refractivity contribution in [2.45, 2.75) is 79.0 Å². The number of aryl methyl sites for hydroxylation is 4. The van der Waals surface area contributed by atoms with E-state index in [0.29, 0.717) is 71.2 Å². The molecule has 2 saturated heterocycles. The summed E-state index contributed by atoms with van der Waals surface area (Å²) in [7, 11) is 1.46. The Hall–Kier alpha value is -7.06. The second-order valence-electron chi connectivity index (χ2n) is 15.2. The average molecular weight is 833 g/mol. The van der Waals surface area contributed by atoms with Gasteiger partial charge in [0.25, 0.3) is 11.8 Å². The molecule has 0 aliphatic carbocycles. The molecule has 2 bridgehead atoms. The van der Waals surface area contributed by atoms with Gasteiger partial charge in [-0.1, -0.05) is 12.2 Å². The number of imidazole rings is 2. The van der Waals surface area contributed by atoms with E-state index in [1.807, 2.05) is 37.5 Å². The van der Waals surface area contributed by atoms with E-state index in [0.717, 1.165) is 24.0 Å². The monoisotopic (exact) mass is 832 g/mol. The second-order valence-corrected chi connectivity index (χ2v) is 15.2. The summed E-state index contributed by atoms with van der Waals surface area (Å²) in [4.78, 5) is 64.4. The fourth-order valence-corrected chi connectivity index (χ4v) is 8.30. The van der Waals surface area contributed by atoms with Crippen molar-refractivity contribution in [2.75, 3.05) is 36.6 Å². The number of methoxy groups -OCH3 is 1. The Bertz CT molecular complexity index is 2780. The zero-order valence-electron chi connectivity index (χ0n) is 34.6. The third-order valence-electron chi connectivity index (χ3n) is 11.2. The first-order valence-electron chi connectivity index (χ1n) is 20.0. The summed E-state index contributed by atoms with van der Waals surface area (Å²) in [6, 6.07) is 8.43. The lowest BCUT2D eigenvalue weighted by atomic mass is 10.1.